The van der Waals surface area contributed by atoms with Gasteiger partial charge in [-0.05, 0) is 23.8 Å². The van der Waals surface area contributed by atoms with Crippen LogP contribution in [0.2, 0.25) is 0 Å². The SMILES string of the molecule is COc1cc(C=N[N-]c2nn[nH]n2)ccc1OCC#N. The fourth-order valence-electron chi connectivity index (χ4n) is 1.34. The molecule has 2 rings (SSSR count). The summed E-state index contributed by atoms with van der Waals surface area (Å²) >= 11 is 0. The van der Waals surface area contributed by atoms with Gasteiger partial charge in [0.1, 0.15) is 6.07 Å². The molecule has 1 aromatic heterocycles. The van der Waals surface area contributed by atoms with Gasteiger partial charge >= 0.3 is 0 Å². The number of benzene rings is 1. The number of ether oxygens (including phenoxy) is 2. The van der Waals surface area contributed by atoms with Gasteiger partial charge in [-0.1, -0.05) is 0 Å². The first kappa shape index (κ1) is 13.3. The number of hydrogen-bond acceptors (Lipinski definition) is 7. The van der Waals surface area contributed by atoms with Crippen molar-refractivity contribution in [3.8, 4) is 17.6 Å². The number of hydrogen-bond donors (Lipinski definition) is 1. The third kappa shape index (κ3) is 3.42. The van der Waals surface area contributed by atoms with E-state index >= 15 is 0 Å². The van der Waals surface area contributed by atoms with Crippen LogP contribution in [0.5, 0.6) is 11.5 Å². The molecule has 9 heteroatoms. The summed E-state index contributed by atoms with van der Waals surface area (Å²) in [6.45, 7) is -0.0447. The molecule has 1 aromatic carbocycles. The van der Waals surface area contributed by atoms with Crippen LogP contribution in [0.3, 0.4) is 0 Å². The average molecular weight is 272 g/mol. The Hall–Kier alpha value is -3.15. The van der Waals surface area contributed by atoms with Gasteiger partial charge in [0.2, 0.25) is 0 Å². The van der Waals surface area contributed by atoms with Gasteiger partial charge in [0, 0.05) is 6.21 Å². The maximum atomic E-state index is 8.48. The number of aromatic amines is 1. The van der Waals surface area contributed by atoms with E-state index in [4.69, 9.17) is 14.7 Å². The normalized spacial score (nSPS) is 10.2. The highest BCUT2D eigenvalue weighted by atomic mass is 16.5. The van der Waals surface area contributed by atoms with Crippen molar-refractivity contribution in [2.24, 2.45) is 5.10 Å². The van der Waals surface area contributed by atoms with Crippen molar-refractivity contribution in [2.45, 2.75) is 0 Å². The highest BCUT2D eigenvalue weighted by Gasteiger charge is 2.04. The van der Waals surface area contributed by atoms with Crippen LogP contribution in [-0.4, -0.2) is 40.6 Å². The highest BCUT2D eigenvalue weighted by Crippen LogP contribution is 2.27. The minimum Gasteiger partial charge on any atom is -0.493 e. The van der Waals surface area contributed by atoms with E-state index in [-0.39, 0.29) is 12.6 Å². The molecule has 2 aromatic rings. The molecule has 1 heterocycles. The summed E-state index contributed by atoms with van der Waals surface area (Å²) in [5, 5.41) is 25.2. The standard InChI is InChI=1S/C11H10N7O2/c1-19-10-6-8(2-3-9(10)20-5-4-12)7-13-14-11-15-17-18-16-11/h2-3,6-7H,5H2,1H3,(H-,14,15,16,17,18)/q-1. The molecule has 0 aliphatic heterocycles. The van der Waals surface area contributed by atoms with Gasteiger partial charge in [0.25, 0.3) is 0 Å². The Morgan fingerprint density at radius 2 is 2.40 bits per heavy atom. The maximum Gasteiger partial charge on any atom is 0.174 e. The third-order valence-corrected chi connectivity index (χ3v) is 2.17. The summed E-state index contributed by atoms with van der Waals surface area (Å²) in [6.07, 6.45) is 1.51. The van der Waals surface area contributed by atoms with Crippen LogP contribution in [0, 0.1) is 11.3 Å². The van der Waals surface area contributed by atoms with E-state index in [1.165, 1.54) is 13.3 Å². The van der Waals surface area contributed by atoms with Crippen molar-refractivity contribution in [1.29, 1.82) is 5.26 Å². The molecule has 102 valence electrons. The monoisotopic (exact) mass is 272 g/mol. The Kier molecular flexibility index (Phi) is 4.45. The topological polar surface area (TPSA) is 123 Å². The van der Waals surface area contributed by atoms with Crippen molar-refractivity contribution in [3.05, 3.63) is 29.2 Å². The number of nitriles is 1. The van der Waals surface area contributed by atoms with Gasteiger partial charge in [0.05, 0.1) is 13.1 Å². The first-order chi connectivity index (χ1) is 9.83. The number of nitrogens with zero attached hydrogens (tertiary/aromatic N) is 6. The van der Waals surface area contributed by atoms with Gasteiger partial charge in [-0.2, -0.15) is 5.26 Å². The number of methoxy groups -OCH3 is 1. The Balaban J connectivity index is 2.05. The van der Waals surface area contributed by atoms with E-state index in [0.717, 1.165) is 5.56 Å². The first-order valence-electron chi connectivity index (χ1n) is 5.49. The zero-order valence-electron chi connectivity index (χ0n) is 10.5. The van der Waals surface area contributed by atoms with Gasteiger partial charge < -0.3 is 9.47 Å². The molecule has 0 bridgehead atoms. The largest absolute Gasteiger partial charge is 0.493 e. The quantitative estimate of drug-likeness (QED) is 0.621. The molecular weight excluding hydrogens is 262 g/mol. The lowest BCUT2D eigenvalue weighted by molar-refractivity contribution is 0.329. The van der Waals surface area contributed by atoms with Crippen LogP contribution in [-0.2, 0) is 0 Å². The fraction of sp³-hybridized carbons (Fsp3) is 0.182. The van der Waals surface area contributed by atoms with E-state index in [2.05, 4.69) is 31.2 Å². The molecule has 0 aliphatic rings. The van der Waals surface area contributed by atoms with Crippen LogP contribution >= 0.6 is 0 Å². The van der Waals surface area contributed by atoms with Gasteiger partial charge in [-0.3, -0.25) is 20.8 Å². The summed E-state index contributed by atoms with van der Waals surface area (Å²) in [5.74, 6) is 1.13. The predicted octanol–water partition coefficient (Wildman–Crippen LogP) is 1.15. The molecule has 0 spiro atoms. The summed E-state index contributed by atoms with van der Waals surface area (Å²) in [4.78, 5) is 0. The number of aromatic nitrogens is 4. The van der Waals surface area contributed by atoms with Gasteiger partial charge in [-0.15, -0.1) is 5.21 Å². The molecular formula is C11H10N7O2-. The molecule has 0 fully saturated rings. The smallest absolute Gasteiger partial charge is 0.174 e. The molecule has 20 heavy (non-hydrogen) atoms. The molecule has 0 saturated carbocycles. The van der Waals surface area contributed by atoms with Gasteiger partial charge in [-0.25, -0.2) is 5.10 Å². The Morgan fingerprint density at radius 3 is 3.10 bits per heavy atom. The lowest BCUT2D eigenvalue weighted by Crippen LogP contribution is -1.97. The van der Waals surface area contributed by atoms with Crippen LogP contribution in [0.4, 0.5) is 5.95 Å². The average Bonchev–Trinajstić information content (AvgIpc) is 2.99. The highest BCUT2D eigenvalue weighted by molar-refractivity contribution is 5.81. The van der Waals surface area contributed by atoms with Gasteiger partial charge in [0.15, 0.2) is 18.1 Å². The molecule has 0 unspecified atom stereocenters. The summed E-state index contributed by atoms with van der Waals surface area (Å²) in [5.41, 5.74) is 4.48. The second-order valence-corrected chi connectivity index (χ2v) is 3.41. The molecule has 0 radical (unpaired) electrons. The zero-order valence-corrected chi connectivity index (χ0v) is 10.5. The Labute approximate surface area is 114 Å². The summed E-state index contributed by atoms with van der Waals surface area (Å²) < 4.78 is 10.4. The van der Waals surface area contributed by atoms with Crippen molar-refractivity contribution in [2.75, 3.05) is 13.7 Å². The van der Waals surface area contributed by atoms with Crippen LogP contribution < -0.4 is 9.47 Å². The minimum absolute atomic E-state index is 0.0447. The lowest BCUT2D eigenvalue weighted by atomic mass is 10.2. The van der Waals surface area contributed by atoms with E-state index < -0.39 is 0 Å². The molecule has 0 atom stereocenters. The second-order valence-electron chi connectivity index (χ2n) is 3.41. The lowest BCUT2D eigenvalue weighted by Gasteiger charge is -2.08. The third-order valence-electron chi connectivity index (χ3n) is 2.17. The van der Waals surface area contributed by atoms with E-state index in [9.17, 15) is 0 Å². The number of rotatable bonds is 6. The Bertz CT molecular complexity index is 618. The van der Waals surface area contributed by atoms with Crippen molar-refractivity contribution in [3.63, 3.8) is 0 Å². The zero-order chi connectivity index (χ0) is 14.2. The predicted molar refractivity (Wildman–Crippen MR) is 68.9 cm³/mol. The molecule has 1 N–H and O–H groups in total. The second kappa shape index (κ2) is 6.69. The van der Waals surface area contributed by atoms with Crippen LogP contribution in [0.15, 0.2) is 23.3 Å². The van der Waals surface area contributed by atoms with E-state index in [0.29, 0.717) is 11.5 Å². The molecule has 9 nitrogen and oxygen atoms in total. The van der Waals surface area contributed by atoms with Crippen molar-refractivity contribution >= 4 is 12.2 Å². The fourth-order valence-corrected chi connectivity index (χ4v) is 1.34. The minimum atomic E-state index is -0.0447. The molecule has 0 saturated heterocycles. The summed E-state index contributed by atoms with van der Waals surface area (Å²) in [7, 11) is 1.51. The van der Waals surface area contributed by atoms with Crippen molar-refractivity contribution < 1.29 is 9.47 Å². The molecule has 0 amide bonds. The first-order valence-corrected chi connectivity index (χ1v) is 5.49. The van der Waals surface area contributed by atoms with Crippen LogP contribution in [0.1, 0.15) is 5.56 Å². The Morgan fingerprint density at radius 1 is 1.50 bits per heavy atom. The van der Waals surface area contributed by atoms with E-state index in [1.54, 1.807) is 18.2 Å². The number of tetrazole rings is 1. The van der Waals surface area contributed by atoms with E-state index in [1.807, 2.05) is 6.07 Å². The summed E-state index contributed by atoms with van der Waals surface area (Å²) in [6, 6.07) is 7.04. The number of nitrogens with one attached hydrogen (secondary N) is 1. The molecule has 0 aliphatic carbocycles. The maximum absolute atomic E-state index is 8.48. The number of H-pyrrole nitrogens is 1. The van der Waals surface area contributed by atoms with Crippen LogP contribution in [0.25, 0.3) is 5.43 Å². The van der Waals surface area contributed by atoms with Crippen molar-refractivity contribution in [1.82, 2.24) is 20.6 Å².